The molecule has 25 heavy (non-hydrogen) atoms. The van der Waals surface area contributed by atoms with Crippen LogP contribution in [0.1, 0.15) is 57.6 Å². The minimum atomic E-state index is -0.171. The third kappa shape index (κ3) is 3.75. The molecule has 0 N–H and O–H groups in total. The van der Waals surface area contributed by atoms with Crippen LogP contribution in [0, 0.1) is 5.41 Å². The fourth-order valence-corrected chi connectivity index (χ4v) is 5.83. The van der Waals surface area contributed by atoms with Gasteiger partial charge in [0.05, 0.1) is 5.25 Å². The van der Waals surface area contributed by atoms with Crippen LogP contribution in [0.15, 0.2) is 24.3 Å². The number of amides is 1. The first-order valence-corrected chi connectivity index (χ1v) is 10.3. The maximum atomic E-state index is 13.3. The van der Waals surface area contributed by atoms with Gasteiger partial charge in [0.2, 0.25) is 5.91 Å². The molecule has 1 aromatic rings. The molecule has 1 heterocycles. The molecule has 0 radical (unpaired) electrons. The number of thioether (sulfide) groups is 1. The Morgan fingerprint density at radius 2 is 2.08 bits per heavy atom. The van der Waals surface area contributed by atoms with Gasteiger partial charge in [-0.1, -0.05) is 45.0 Å². The lowest BCUT2D eigenvalue weighted by molar-refractivity contribution is -0.133. The number of carbonyl (C=O) groups is 1. The van der Waals surface area contributed by atoms with Gasteiger partial charge in [0.25, 0.3) is 0 Å². The van der Waals surface area contributed by atoms with E-state index in [9.17, 15) is 4.79 Å². The van der Waals surface area contributed by atoms with Gasteiger partial charge in [-0.2, -0.15) is 0 Å². The molecule has 1 saturated heterocycles. The Labute approximate surface area is 156 Å². The van der Waals surface area contributed by atoms with Crippen molar-refractivity contribution in [2.75, 3.05) is 20.3 Å². The average Bonchev–Trinajstić information content (AvgIpc) is 2.83. The molecule has 138 valence electrons. The Bertz CT molecular complexity index is 625. The van der Waals surface area contributed by atoms with E-state index in [-0.39, 0.29) is 15.5 Å². The maximum Gasteiger partial charge on any atom is 0.237 e. The smallest absolute Gasteiger partial charge is 0.237 e. The molecular formula is C21H31NO2S. The number of rotatable bonds is 5. The molecular weight excluding hydrogens is 330 g/mol. The highest BCUT2D eigenvalue weighted by Crippen LogP contribution is 2.55. The summed E-state index contributed by atoms with van der Waals surface area (Å²) < 4.78 is 5.26. The van der Waals surface area contributed by atoms with Gasteiger partial charge < -0.3 is 9.64 Å². The quantitative estimate of drug-likeness (QED) is 0.768. The number of carbonyl (C=O) groups excluding carboxylic acids is 1. The van der Waals surface area contributed by atoms with Crippen molar-refractivity contribution in [1.29, 1.82) is 0 Å². The molecule has 1 fully saturated rings. The van der Waals surface area contributed by atoms with Gasteiger partial charge >= 0.3 is 0 Å². The predicted octanol–water partition coefficient (Wildman–Crippen LogP) is 4.59. The largest absolute Gasteiger partial charge is 0.385 e. The lowest BCUT2D eigenvalue weighted by Crippen LogP contribution is -2.45. The van der Waals surface area contributed by atoms with Gasteiger partial charge in [-0.15, -0.1) is 11.8 Å². The van der Waals surface area contributed by atoms with E-state index in [2.05, 4.69) is 49.9 Å². The molecule has 3 nitrogen and oxygen atoms in total. The molecule has 0 saturated carbocycles. The van der Waals surface area contributed by atoms with Crippen LogP contribution >= 0.6 is 11.8 Å². The summed E-state index contributed by atoms with van der Waals surface area (Å²) in [5.41, 5.74) is 3.01. The number of fused-ring (bicyclic) bond motifs is 2. The molecule has 1 amide bonds. The second-order valence-corrected chi connectivity index (χ2v) is 9.96. The summed E-state index contributed by atoms with van der Waals surface area (Å²) in [5, 5.41) is 0.0195. The molecule has 1 aliphatic heterocycles. The SMILES string of the molecule is COCCC1SC2(CCCc3ccccc32)N(CCC(C)(C)C)C1=O. The standard InChI is InChI=1S/C21H31NO2S/c1-20(2,3)13-14-22-19(23)18(11-15-24-4)25-21(22)12-7-9-16-8-5-6-10-17(16)21/h5-6,8,10,18H,7,9,11-15H2,1-4H3. The highest BCUT2D eigenvalue weighted by Gasteiger charge is 2.53. The normalized spacial score (nSPS) is 26.3. The molecule has 0 aromatic heterocycles. The molecule has 1 spiro atoms. The first-order valence-electron chi connectivity index (χ1n) is 9.44. The molecule has 2 unspecified atom stereocenters. The molecule has 1 aromatic carbocycles. The van der Waals surface area contributed by atoms with Crippen LogP contribution in [0.5, 0.6) is 0 Å². The first-order chi connectivity index (χ1) is 11.9. The number of ether oxygens (including phenoxy) is 1. The lowest BCUT2D eigenvalue weighted by Gasteiger charge is -2.43. The Morgan fingerprint density at radius 3 is 2.80 bits per heavy atom. The Morgan fingerprint density at radius 1 is 1.32 bits per heavy atom. The van der Waals surface area contributed by atoms with Gasteiger partial charge in [-0.05, 0) is 48.6 Å². The van der Waals surface area contributed by atoms with Crippen LogP contribution in [-0.2, 0) is 20.8 Å². The van der Waals surface area contributed by atoms with E-state index in [4.69, 9.17) is 4.74 Å². The monoisotopic (exact) mass is 361 g/mol. The predicted molar refractivity (Wildman–Crippen MR) is 105 cm³/mol. The van der Waals surface area contributed by atoms with E-state index in [1.54, 1.807) is 7.11 Å². The van der Waals surface area contributed by atoms with Gasteiger partial charge in [-0.25, -0.2) is 0 Å². The molecule has 1 aliphatic carbocycles. The number of benzene rings is 1. The van der Waals surface area contributed by atoms with Crippen LogP contribution < -0.4 is 0 Å². The Hall–Kier alpha value is -1.00. The van der Waals surface area contributed by atoms with Crippen molar-refractivity contribution >= 4 is 17.7 Å². The average molecular weight is 362 g/mol. The van der Waals surface area contributed by atoms with Gasteiger partial charge in [0, 0.05) is 20.3 Å². The molecule has 4 heteroatoms. The molecule has 2 aliphatic rings. The van der Waals surface area contributed by atoms with E-state index in [1.807, 2.05) is 11.8 Å². The Balaban J connectivity index is 1.95. The number of nitrogens with zero attached hydrogens (tertiary/aromatic N) is 1. The zero-order valence-corrected chi connectivity index (χ0v) is 16.8. The zero-order valence-electron chi connectivity index (χ0n) is 16.0. The van der Waals surface area contributed by atoms with Crippen molar-refractivity contribution in [3.63, 3.8) is 0 Å². The number of hydrogen-bond acceptors (Lipinski definition) is 3. The third-order valence-electron chi connectivity index (χ3n) is 5.38. The van der Waals surface area contributed by atoms with Crippen molar-refractivity contribution in [1.82, 2.24) is 4.90 Å². The molecule has 0 bridgehead atoms. The molecule has 3 rings (SSSR count). The second-order valence-electron chi connectivity index (χ2n) is 8.48. The van der Waals surface area contributed by atoms with Crippen LogP contribution in [0.4, 0.5) is 0 Å². The van der Waals surface area contributed by atoms with Crippen molar-refractivity contribution in [3.8, 4) is 0 Å². The summed E-state index contributed by atoms with van der Waals surface area (Å²) in [7, 11) is 1.72. The van der Waals surface area contributed by atoms with Crippen LogP contribution in [0.2, 0.25) is 0 Å². The summed E-state index contributed by atoms with van der Waals surface area (Å²) >= 11 is 1.88. The summed E-state index contributed by atoms with van der Waals surface area (Å²) in [5.74, 6) is 0.308. The summed E-state index contributed by atoms with van der Waals surface area (Å²) in [6, 6.07) is 8.74. The van der Waals surface area contributed by atoms with Gasteiger partial charge in [0.1, 0.15) is 4.87 Å². The number of methoxy groups -OCH3 is 1. The second kappa shape index (κ2) is 7.32. The highest BCUT2D eigenvalue weighted by molar-refractivity contribution is 8.02. The number of aryl methyl sites for hydroxylation is 1. The lowest BCUT2D eigenvalue weighted by atomic mass is 9.85. The fourth-order valence-electron chi connectivity index (χ4n) is 4.02. The summed E-state index contributed by atoms with van der Waals surface area (Å²) in [6.45, 7) is 8.25. The van der Waals surface area contributed by atoms with E-state index >= 15 is 0 Å². The first kappa shape index (κ1) is 18.8. The maximum absolute atomic E-state index is 13.3. The van der Waals surface area contributed by atoms with Crippen LogP contribution in [0.25, 0.3) is 0 Å². The Kier molecular flexibility index (Phi) is 5.50. The minimum Gasteiger partial charge on any atom is -0.385 e. The topological polar surface area (TPSA) is 29.5 Å². The van der Waals surface area contributed by atoms with Crippen molar-refractivity contribution in [2.45, 2.75) is 63.0 Å². The minimum absolute atomic E-state index is 0.0195. The van der Waals surface area contributed by atoms with Gasteiger partial charge in [-0.3, -0.25) is 4.79 Å². The van der Waals surface area contributed by atoms with E-state index in [0.717, 1.165) is 38.6 Å². The van der Waals surface area contributed by atoms with E-state index in [1.165, 1.54) is 11.1 Å². The molecule has 2 atom stereocenters. The zero-order chi connectivity index (χ0) is 18.1. The fraction of sp³-hybridized carbons (Fsp3) is 0.667. The number of hydrogen-bond donors (Lipinski definition) is 0. The summed E-state index contributed by atoms with van der Waals surface area (Å²) in [6.07, 6.45) is 5.17. The van der Waals surface area contributed by atoms with Gasteiger partial charge in [0.15, 0.2) is 0 Å². The van der Waals surface area contributed by atoms with Crippen LogP contribution in [0.3, 0.4) is 0 Å². The van der Waals surface area contributed by atoms with E-state index in [0.29, 0.717) is 12.5 Å². The van der Waals surface area contributed by atoms with Crippen molar-refractivity contribution in [2.24, 2.45) is 5.41 Å². The van der Waals surface area contributed by atoms with Crippen molar-refractivity contribution in [3.05, 3.63) is 35.4 Å². The van der Waals surface area contributed by atoms with Crippen LogP contribution in [-0.4, -0.2) is 36.3 Å². The summed E-state index contributed by atoms with van der Waals surface area (Å²) in [4.78, 5) is 15.3. The van der Waals surface area contributed by atoms with E-state index < -0.39 is 0 Å². The van der Waals surface area contributed by atoms with Crippen molar-refractivity contribution < 1.29 is 9.53 Å². The third-order valence-corrected chi connectivity index (χ3v) is 7.14. The highest BCUT2D eigenvalue weighted by atomic mass is 32.2.